The van der Waals surface area contributed by atoms with Crippen LogP contribution in [0.1, 0.15) is 43.7 Å². The number of aryl methyl sites for hydroxylation is 1. The molecule has 0 radical (unpaired) electrons. The van der Waals surface area contributed by atoms with Crippen LogP contribution in [0.5, 0.6) is 0 Å². The van der Waals surface area contributed by atoms with E-state index in [2.05, 4.69) is 85.8 Å². The van der Waals surface area contributed by atoms with E-state index in [9.17, 15) is 0 Å². The van der Waals surface area contributed by atoms with Gasteiger partial charge in [0.25, 0.3) is 0 Å². The van der Waals surface area contributed by atoms with Gasteiger partial charge in [-0.1, -0.05) is 74.5 Å². The summed E-state index contributed by atoms with van der Waals surface area (Å²) in [5, 5.41) is 9.92. The maximum atomic E-state index is 4.89. The Hall–Kier alpha value is -2.86. The number of benzene rings is 2. The lowest BCUT2D eigenvalue weighted by atomic mass is 10.0. The fraction of sp³-hybridized carbons (Fsp3) is 0.320. The van der Waals surface area contributed by atoms with Crippen molar-refractivity contribution in [3.05, 3.63) is 71.9 Å². The van der Waals surface area contributed by atoms with Gasteiger partial charge in [0.05, 0.1) is 11.6 Å². The smallest absolute Gasteiger partial charge is 0.191 e. The third kappa shape index (κ3) is 5.25. The first-order valence-electron chi connectivity index (χ1n) is 10.9. The van der Waals surface area contributed by atoms with E-state index in [1.807, 2.05) is 10.9 Å². The van der Waals surface area contributed by atoms with Crippen LogP contribution in [0, 0.1) is 6.92 Å². The minimum absolute atomic E-state index is 0.337. The molecule has 1 unspecified atom stereocenters. The average molecular weight is 432 g/mol. The standard InChI is InChI=1S/C25H29N5S/c1-4-5-14-31-25-28-23(27-21-13-9-10-18(2)15-21)22-16-26-30(24(22)29-25)17-19(3)20-11-7-6-8-12-20/h6-13,15-16,19H,4-5,14,17H2,1-3H3,(H,27,28,29). The number of nitrogens with one attached hydrogen (secondary N) is 1. The van der Waals surface area contributed by atoms with E-state index in [1.54, 1.807) is 11.8 Å². The summed E-state index contributed by atoms with van der Waals surface area (Å²) in [5.41, 5.74) is 4.41. The van der Waals surface area contributed by atoms with Crippen LogP contribution in [0.25, 0.3) is 11.0 Å². The summed E-state index contributed by atoms with van der Waals surface area (Å²) in [6.45, 7) is 7.30. The highest BCUT2D eigenvalue weighted by Gasteiger charge is 2.16. The highest BCUT2D eigenvalue weighted by atomic mass is 32.2. The Morgan fingerprint density at radius 3 is 2.68 bits per heavy atom. The van der Waals surface area contributed by atoms with Crippen LogP contribution in [-0.2, 0) is 6.54 Å². The van der Waals surface area contributed by atoms with E-state index in [4.69, 9.17) is 9.97 Å². The number of nitrogens with zero attached hydrogens (tertiary/aromatic N) is 4. The quantitative estimate of drug-likeness (QED) is 0.184. The molecule has 1 N–H and O–H groups in total. The zero-order chi connectivity index (χ0) is 21.6. The second-order valence-electron chi connectivity index (χ2n) is 7.93. The normalized spacial score (nSPS) is 12.2. The van der Waals surface area contributed by atoms with Gasteiger partial charge in [-0.2, -0.15) is 5.10 Å². The second-order valence-corrected chi connectivity index (χ2v) is 8.99. The number of hydrogen-bond acceptors (Lipinski definition) is 5. The summed E-state index contributed by atoms with van der Waals surface area (Å²) >= 11 is 1.71. The molecule has 4 aromatic rings. The van der Waals surface area contributed by atoms with Crippen LogP contribution >= 0.6 is 11.8 Å². The molecule has 2 aromatic carbocycles. The van der Waals surface area contributed by atoms with Crippen LogP contribution in [0.4, 0.5) is 11.5 Å². The van der Waals surface area contributed by atoms with Gasteiger partial charge in [-0.25, -0.2) is 14.6 Å². The zero-order valence-electron chi connectivity index (χ0n) is 18.4. The van der Waals surface area contributed by atoms with Crippen molar-refractivity contribution >= 4 is 34.3 Å². The molecule has 0 bridgehead atoms. The molecule has 6 heteroatoms. The third-order valence-corrected chi connectivity index (χ3v) is 6.23. The summed E-state index contributed by atoms with van der Waals surface area (Å²) in [5.74, 6) is 2.16. The van der Waals surface area contributed by atoms with Crippen molar-refractivity contribution < 1.29 is 0 Å². The Bertz CT molecular complexity index is 1140. The molecule has 5 nitrogen and oxygen atoms in total. The third-order valence-electron chi connectivity index (χ3n) is 5.30. The molecule has 0 saturated carbocycles. The predicted molar refractivity (Wildman–Crippen MR) is 130 cm³/mol. The first kappa shape index (κ1) is 21.4. The molecule has 0 fully saturated rings. The number of thioether (sulfide) groups is 1. The Labute approximate surface area is 188 Å². The molecule has 0 saturated heterocycles. The second kappa shape index (κ2) is 9.96. The molecule has 160 valence electrons. The first-order valence-corrected chi connectivity index (χ1v) is 11.9. The number of fused-ring (bicyclic) bond motifs is 1. The molecule has 2 aromatic heterocycles. The van der Waals surface area contributed by atoms with E-state index < -0.39 is 0 Å². The van der Waals surface area contributed by atoms with Crippen LogP contribution < -0.4 is 5.32 Å². The summed E-state index contributed by atoms with van der Waals surface area (Å²) in [7, 11) is 0. The Balaban J connectivity index is 1.68. The molecule has 0 aliphatic carbocycles. The van der Waals surface area contributed by atoms with Crippen LogP contribution in [0.2, 0.25) is 0 Å². The van der Waals surface area contributed by atoms with Gasteiger partial charge < -0.3 is 5.32 Å². The minimum Gasteiger partial charge on any atom is -0.339 e. The fourth-order valence-electron chi connectivity index (χ4n) is 3.54. The summed E-state index contributed by atoms with van der Waals surface area (Å²) in [6.07, 6.45) is 4.19. The molecular formula is C25H29N5S. The summed E-state index contributed by atoms with van der Waals surface area (Å²) < 4.78 is 2.01. The van der Waals surface area contributed by atoms with Crippen LogP contribution in [0.3, 0.4) is 0 Å². The average Bonchev–Trinajstić information content (AvgIpc) is 3.17. The SMILES string of the molecule is CCCCSc1nc(Nc2cccc(C)c2)c2cnn(CC(C)c3ccccc3)c2n1. The summed E-state index contributed by atoms with van der Waals surface area (Å²) in [6, 6.07) is 18.9. The van der Waals surface area contributed by atoms with Gasteiger partial charge in [0.15, 0.2) is 10.8 Å². The largest absolute Gasteiger partial charge is 0.339 e. The minimum atomic E-state index is 0.337. The Morgan fingerprint density at radius 1 is 1.06 bits per heavy atom. The molecule has 31 heavy (non-hydrogen) atoms. The van der Waals surface area contributed by atoms with Crippen molar-refractivity contribution in [1.29, 1.82) is 0 Å². The number of anilines is 2. The maximum Gasteiger partial charge on any atom is 0.191 e. The van der Waals surface area contributed by atoms with Crippen molar-refractivity contribution in [2.45, 2.75) is 51.2 Å². The first-order chi connectivity index (χ1) is 15.1. The zero-order valence-corrected chi connectivity index (χ0v) is 19.2. The lowest BCUT2D eigenvalue weighted by Crippen LogP contribution is -2.09. The van der Waals surface area contributed by atoms with Crippen LogP contribution in [0.15, 0.2) is 66.0 Å². The van der Waals surface area contributed by atoms with Gasteiger partial charge >= 0.3 is 0 Å². The van der Waals surface area contributed by atoms with E-state index in [0.717, 1.165) is 52.8 Å². The predicted octanol–water partition coefficient (Wildman–Crippen LogP) is 6.57. The monoisotopic (exact) mass is 431 g/mol. The molecule has 2 heterocycles. The van der Waals surface area contributed by atoms with Gasteiger partial charge in [0.1, 0.15) is 5.82 Å². The van der Waals surface area contributed by atoms with E-state index in [1.165, 1.54) is 11.1 Å². The molecule has 4 rings (SSSR count). The molecule has 0 amide bonds. The van der Waals surface area contributed by atoms with Crippen molar-refractivity contribution in [2.24, 2.45) is 0 Å². The molecule has 1 atom stereocenters. The fourth-order valence-corrected chi connectivity index (χ4v) is 4.46. The van der Waals surface area contributed by atoms with Gasteiger partial charge in [-0.05, 0) is 36.6 Å². The van der Waals surface area contributed by atoms with Crippen molar-refractivity contribution in [3.63, 3.8) is 0 Å². The molecular weight excluding hydrogens is 402 g/mol. The highest BCUT2D eigenvalue weighted by Crippen LogP contribution is 2.29. The maximum absolute atomic E-state index is 4.89. The van der Waals surface area contributed by atoms with E-state index in [0.29, 0.717) is 5.92 Å². The molecule has 0 aliphatic heterocycles. The Kier molecular flexibility index (Phi) is 6.87. The number of unbranched alkanes of at least 4 members (excludes halogenated alkanes) is 1. The number of rotatable bonds is 9. The molecule has 0 spiro atoms. The van der Waals surface area contributed by atoms with Gasteiger partial charge in [-0.15, -0.1) is 0 Å². The van der Waals surface area contributed by atoms with Crippen molar-refractivity contribution in [3.8, 4) is 0 Å². The van der Waals surface area contributed by atoms with E-state index >= 15 is 0 Å². The van der Waals surface area contributed by atoms with Gasteiger partial charge in [0.2, 0.25) is 0 Å². The van der Waals surface area contributed by atoms with Crippen molar-refractivity contribution in [2.75, 3.05) is 11.1 Å². The van der Waals surface area contributed by atoms with Gasteiger partial charge in [0, 0.05) is 23.9 Å². The van der Waals surface area contributed by atoms with Crippen LogP contribution in [-0.4, -0.2) is 25.5 Å². The number of aromatic nitrogens is 4. The highest BCUT2D eigenvalue weighted by molar-refractivity contribution is 7.99. The van der Waals surface area contributed by atoms with Gasteiger partial charge in [-0.3, -0.25) is 0 Å². The Morgan fingerprint density at radius 2 is 1.90 bits per heavy atom. The van der Waals surface area contributed by atoms with E-state index in [-0.39, 0.29) is 0 Å². The topological polar surface area (TPSA) is 55.6 Å². The lowest BCUT2D eigenvalue weighted by Gasteiger charge is -2.13. The number of hydrogen-bond donors (Lipinski definition) is 1. The summed E-state index contributed by atoms with van der Waals surface area (Å²) in [4.78, 5) is 9.72. The van der Waals surface area contributed by atoms with Crippen molar-refractivity contribution in [1.82, 2.24) is 19.7 Å². The molecule has 0 aliphatic rings. The lowest BCUT2D eigenvalue weighted by molar-refractivity contribution is 0.553.